The second-order valence-electron chi connectivity index (χ2n) is 10.0. The molecule has 5 rings (SSSR count). The molecule has 1 atom stereocenters. The Labute approximate surface area is 206 Å². The van der Waals surface area contributed by atoms with E-state index in [9.17, 15) is 9.59 Å². The molecule has 1 aromatic heterocycles. The van der Waals surface area contributed by atoms with Crippen LogP contribution >= 0.6 is 0 Å². The molecule has 0 saturated carbocycles. The summed E-state index contributed by atoms with van der Waals surface area (Å²) in [5.41, 5.74) is 8.88. The summed E-state index contributed by atoms with van der Waals surface area (Å²) in [7, 11) is 0. The van der Waals surface area contributed by atoms with Crippen LogP contribution in [0.15, 0.2) is 35.3 Å². The fourth-order valence-corrected chi connectivity index (χ4v) is 5.75. The lowest BCUT2D eigenvalue weighted by Crippen LogP contribution is -2.48. The van der Waals surface area contributed by atoms with Gasteiger partial charge < -0.3 is 20.9 Å². The number of piperidine rings is 1. The van der Waals surface area contributed by atoms with Crippen molar-refractivity contribution in [3.05, 3.63) is 52.1 Å². The van der Waals surface area contributed by atoms with E-state index < -0.39 is 5.69 Å². The number of rotatable bonds is 5. The summed E-state index contributed by atoms with van der Waals surface area (Å²) in [6, 6.07) is 8.38. The number of nitrogens with one attached hydrogen (secondary N) is 2. The molecule has 0 bridgehead atoms. The first-order valence-electron chi connectivity index (χ1n) is 13.0. The van der Waals surface area contributed by atoms with E-state index in [4.69, 9.17) is 5.73 Å². The number of nitrogens with zero attached hydrogens (tertiary/aromatic N) is 4. The van der Waals surface area contributed by atoms with Crippen molar-refractivity contribution < 1.29 is 4.79 Å². The number of hydrogen-bond donors (Lipinski definition) is 3. The van der Waals surface area contributed by atoms with Crippen molar-refractivity contribution in [2.45, 2.75) is 44.6 Å². The smallest absolute Gasteiger partial charge is 0.330 e. The highest BCUT2D eigenvalue weighted by Crippen LogP contribution is 2.29. The van der Waals surface area contributed by atoms with Crippen LogP contribution < -0.4 is 22.1 Å². The van der Waals surface area contributed by atoms with E-state index in [-0.39, 0.29) is 11.8 Å². The maximum Gasteiger partial charge on any atom is 0.354 e. The summed E-state index contributed by atoms with van der Waals surface area (Å²) in [4.78, 5) is 33.7. The maximum atomic E-state index is 12.8. The van der Waals surface area contributed by atoms with Gasteiger partial charge in [-0.2, -0.15) is 4.98 Å². The van der Waals surface area contributed by atoms with E-state index in [0.717, 1.165) is 56.9 Å². The zero-order valence-electron chi connectivity index (χ0n) is 20.4. The van der Waals surface area contributed by atoms with Crippen LogP contribution in [0.25, 0.3) is 5.69 Å². The van der Waals surface area contributed by atoms with Crippen LogP contribution in [0.2, 0.25) is 0 Å². The summed E-state index contributed by atoms with van der Waals surface area (Å²) in [6.45, 7) is 6.00. The molecule has 9 nitrogen and oxygen atoms in total. The van der Waals surface area contributed by atoms with E-state index in [1.165, 1.54) is 37.1 Å². The number of likely N-dealkylation sites (tertiary alicyclic amines) is 1. The van der Waals surface area contributed by atoms with Crippen molar-refractivity contribution in [2.24, 2.45) is 11.7 Å². The Bertz CT molecular complexity index is 1090. The molecular formula is C26H37N7O2. The third-order valence-electron chi connectivity index (χ3n) is 7.85. The molecule has 2 amide bonds. The number of piperazine rings is 1. The van der Waals surface area contributed by atoms with Crippen molar-refractivity contribution in [1.82, 2.24) is 24.7 Å². The molecule has 2 fully saturated rings. The predicted molar refractivity (Wildman–Crippen MR) is 137 cm³/mol. The summed E-state index contributed by atoms with van der Waals surface area (Å²) in [5.74, 6) is 1.08. The van der Waals surface area contributed by atoms with Crippen LogP contribution in [0.3, 0.4) is 0 Å². The average molecular weight is 480 g/mol. The van der Waals surface area contributed by atoms with Crippen LogP contribution in [-0.2, 0) is 12.8 Å². The van der Waals surface area contributed by atoms with Crippen LogP contribution in [-0.4, -0.2) is 77.2 Å². The van der Waals surface area contributed by atoms with Crippen LogP contribution in [0.5, 0.6) is 0 Å². The van der Waals surface area contributed by atoms with E-state index >= 15 is 0 Å². The number of urea groups is 1. The number of aryl methyl sites for hydroxylation is 1. The molecule has 2 aromatic rings. The van der Waals surface area contributed by atoms with E-state index in [1.54, 1.807) is 21.7 Å². The van der Waals surface area contributed by atoms with E-state index in [0.29, 0.717) is 19.1 Å². The highest BCUT2D eigenvalue weighted by molar-refractivity contribution is 5.88. The molecule has 9 heteroatoms. The fourth-order valence-electron chi connectivity index (χ4n) is 5.75. The Balaban J connectivity index is 1.23. The second-order valence-corrected chi connectivity index (χ2v) is 10.0. The topological polar surface area (TPSA) is 109 Å². The molecule has 2 saturated heterocycles. The van der Waals surface area contributed by atoms with Gasteiger partial charge in [0.05, 0.1) is 5.69 Å². The summed E-state index contributed by atoms with van der Waals surface area (Å²) in [6.07, 6.45) is 8.63. The van der Waals surface area contributed by atoms with Gasteiger partial charge in [-0.05, 0) is 93.4 Å². The predicted octanol–water partition coefficient (Wildman–Crippen LogP) is 1.59. The Morgan fingerprint density at radius 2 is 1.89 bits per heavy atom. The maximum absolute atomic E-state index is 12.8. The van der Waals surface area contributed by atoms with Gasteiger partial charge in [-0.3, -0.25) is 9.88 Å². The van der Waals surface area contributed by atoms with Gasteiger partial charge in [-0.25, -0.2) is 9.59 Å². The number of nitrogens with two attached hydrogens (primary N) is 1. The van der Waals surface area contributed by atoms with Crippen LogP contribution in [0.1, 0.15) is 36.8 Å². The van der Waals surface area contributed by atoms with Crippen molar-refractivity contribution in [2.75, 3.05) is 51.1 Å². The number of carbonyl (C=O) groups is 1. The standard InChI is InChI=1S/C26H37N7O2/c27-9-5-19-6-12-31(13-7-19)22-3-1-21-18-23(4-2-20(21)17-22)33-14-8-24(30-26(33)35)29-25(34)32-15-10-28-11-16-32/h2,4,8,14,18-19,22,28H,1,3,5-7,9-13,15-17,27H2,(H,29,30,34,35). The van der Waals surface area contributed by atoms with Crippen molar-refractivity contribution in [3.63, 3.8) is 0 Å². The Kier molecular flexibility index (Phi) is 7.46. The van der Waals surface area contributed by atoms with Crippen molar-refractivity contribution in [1.29, 1.82) is 0 Å². The molecular weight excluding hydrogens is 442 g/mol. The molecule has 1 aliphatic carbocycles. The first-order chi connectivity index (χ1) is 17.1. The van der Waals surface area contributed by atoms with Crippen molar-refractivity contribution in [3.8, 4) is 5.69 Å². The highest BCUT2D eigenvalue weighted by Gasteiger charge is 2.28. The molecule has 35 heavy (non-hydrogen) atoms. The molecule has 188 valence electrons. The summed E-state index contributed by atoms with van der Waals surface area (Å²) >= 11 is 0. The summed E-state index contributed by atoms with van der Waals surface area (Å²) in [5, 5.41) is 5.97. The minimum Gasteiger partial charge on any atom is -0.330 e. The van der Waals surface area contributed by atoms with E-state index in [2.05, 4.69) is 32.7 Å². The monoisotopic (exact) mass is 479 g/mol. The normalized spacial score (nSPS) is 21.5. The van der Waals surface area contributed by atoms with Crippen LogP contribution in [0, 0.1) is 5.92 Å². The van der Waals surface area contributed by atoms with Gasteiger partial charge in [0.15, 0.2) is 0 Å². The number of hydrogen-bond acceptors (Lipinski definition) is 6. The van der Waals surface area contributed by atoms with Crippen LogP contribution in [0.4, 0.5) is 10.6 Å². The highest BCUT2D eigenvalue weighted by atomic mass is 16.2. The zero-order valence-corrected chi connectivity index (χ0v) is 20.4. The average Bonchev–Trinajstić information content (AvgIpc) is 2.89. The number of carbonyl (C=O) groups excluding carboxylic acids is 1. The Morgan fingerprint density at radius 1 is 1.09 bits per heavy atom. The third kappa shape index (κ3) is 5.58. The zero-order chi connectivity index (χ0) is 24.2. The van der Waals surface area contributed by atoms with Gasteiger partial charge in [0.2, 0.25) is 0 Å². The van der Waals surface area contributed by atoms with Gasteiger partial charge in [0, 0.05) is 38.4 Å². The molecule has 0 radical (unpaired) electrons. The summed E-state index contributed by atoms with van der Waals surface area (Å²) < 4.78 is 1.55. The first-order valence-corrected chi connectivity index (χ1v) is 13.0. The Hall–Kier alpha value is -2.75. The largest absolute Gasteiger partial charge is 0.354 e. The van der Waals surface area contributed by atoms with Gasteiger partial charge in [-0.15, -0.1) is 0 Å². The SMILES string of the molecule is NCCC1CCN(C2CCc3cc(-n4ccc(NC(=O)N5CCNCC5)nc4=O)ccc3C2)CC1. The van der Waals surface area contributed by atoms with Gasteiger partial charge in [0.25, 0.3) is 0 Å². The van der Waals surface area contributed by atoms with E-state index in [1.807, 2.05) is 6.07 Å². The number of anilines is 1. The quantitative estimate of drug-likeness (QED) is 0.601. The lowest BCUT2D eigenvalue weighted by molar-refractivity contribution is 0.120. The minimum atomic E-state index is -0.392. The van der Waals surface area contributed by atoms with Gasteiger partial charge in [-0.1, -0.05) is 6.07 Å². The number of amides is 2. The fraction of sp³-hybridized carbons (Fsp3) is 0.577. The Morgan fingerprint density at radius 3 is 2.63 bits per heavy atom. The molecule has 0 spiro atoms. The van der Waals surface area contributed by atoms with Gasteiger partial charge >= 0.3 is 11.7 Å². The minimum absolute atomic E-state index is 0.219. The number of benzene rings is 1. The number of aromatic nitrogens is 2. The molecule has 1 unspecified atom stereocenters. The molecule has 1 aromatic carbocycles. The third-order valence-corrected chi connectivity index (χ3v) is 7.85. The molecule has 2 aliphatic heterocycles. The molecule has 4 N–H and O–H groups in total. The lowest BCUT2D eigenvalue weighted by atomic mass is 9.85. The first kappa shape index (κ1) is 24.0. The lowest BCUT2D eigenvalue weighted by Gasteiger charge is -2.40. The molecule has 3 aliphatic rings. The van der Waals surface area contributed by atoms with Gasteiger partial charge in [0.1, 0.15) is 5.82 Å². The second kappa shape index (κ2) is 10.9. The van der Waals surface area contributed by atoms with Crippen molar-refractivity contribution >= 4 is 11.8 Å². The molecule has 3 heterocycles. The number of fused-ring (bicyclic) bond motifs is 1.